The van der Waals surface area contributed by atoms with Crippen molar-refractivity contribution in [2.45, 2.75) is 71.6 Å². The number of hydrogen-bond acceptors (Lipinski definition) is 9. The number of aromatic nitrogens is 1. The van der Waals surface area contributed by atoms with Gasteiger partial charge in [-0.25, -0.2) is 0 Å². The average Bonchev–Trinajstić information content (AvgIpc) is 3.16. The first-order valence-electron chi connectivity index (χ1n) is 18.2. The normalized spacial score (nSPS) is 11.9. The summed E-state index contributed by atoms with van der Waals surface area (Å²) in [6, 6.07) is 22.4. The zero-order valence-electron chi connectivity index (χ0n) is 29.8. The number of fused-ring (bicyclic) bond motifs is 1. The van der Waals surface area contributed by atoms with Crippen LogP contribution in [-0.4, -0.2) is 56.6 Å². The Kier molecular flexibility index (Phi) is 14.6. The topological polar surface area (TPSA) is 102 Å². The minimum atomic E-state index is -0.220. The molecule has 0 atom stereocenters. The molecule has 0 N–H and O–H groups in total. The quantitative estimate of drug-likeness (QED) is 0.0665. The van der Waals surface area contributed by atoms with Crippen LogP contribution >= 0.6 is 0 Å². The lowest BCUT2D eigenvalue weighted by Crippen LogP contribution is -2.15. The molecule has 0 fully saturated rings. The van der Waals surface area contributed by atoms with E-state index in [1.54, 1.807) is 19.3 Å². The van der Waals surface area contributed by atoms with Gasteiger partial charge >= 0.3 is 11.9 Å². The van der Waals surface area contributed by atoms with Crippen molar-refractivity contribution in [1.29, 1.82) is 0 Å². The minimum Gasteiger partial charge on any atom is -0.494 e. The number of rotatable bonds is 20. The van der Waals surface area contributed by atoms with Crippen LogP contribution in [0.25, 0.3) is 22.3 Å². The Bertz CT molecular complexity index is 1710. The van der Waals surface area contributed by atoms with Crippen LogP contribution < -0.4 is 18.9 Å². The lowest BCUT2D eigenvalue weighted by molar-refractivity contribution is -0.144. The maximum Gasteiger partial charge on any atom is 0.306 e. The molecule has 9 nitrogen and oxygen atoms in total. The summed E-state index contributed by atoms with van der Waals surface area (Å²) in [5.41, 5.74) is 6.42. The van der Waals surface area contributed by atoms with Crippen molar-refractivity contribution in [2.24, 2.45) is 0 Å². The molecular formula is C42H49NO8. The Morgan fingerprint density at radius 2 is 1.35 bits per heavy atom. The summed E-state index contributed by atoms with van der Waals surface area (Å²) >= 11 is 0. The number of ether oxygens (including phenoxy) is 6. The second kappa shape index (κ2) is 20.0. The molecule has 5 rings (SSSR count). The van der Waals surface area contributed by atoms with Gasteiger partial charge in [0.2, 0.25) is 0 Å². The fraction of sp³-hybridized carbons (Fsp3) is 0.405. The third-order valence-corrected chi connectivity index (χ3v) is 8.61. The van der Waals surface area contributed by atoms with Gasteiger partial charge in [-0.05, 0) is 128 Å². The van der Waals surface area contributed by atoms with Gasteiger partial charge in [-0.15, -0.1) is 0 Å². The first-order valence-corrected chi connectivity index (χ1v) is 18.2. The van der Waals surface area contributed by atoms with Gasteiger partial charge < -0.3 is 28.4 Å². The molecular weight excluding hydrogens is 646 g/mol. The second-order valence-electron chi connectivity index (χ2n) is 12.3. The van der Waals surface area contributed by atoms with Gasteiger partial charge in [0, 0.05) is 25.2 Å². The molecule has 270 valence electrons. The number of pyridine rings is 1. The fourth-order valence-corrected chi connectivity index (χ4v) is 6.10. The van der Waals surface area contributed by atoms with Crippen molar-refractivity contribution in [3.05, 3.63) is 90.3 Å². The van der Waals surface area contributed by atoms with Crippen LogP contribution in [0.1, 0.15) is 69.9 Å². The van der Waals surface area contributed by atoms with Gasteiger partial charge in [-0.1, -0.05) is 31.0 Å². The van der Waals surface area contributed by atoms with Gasteiger partial charge in [0.1, 0.15) is 24.7 Å². The number of nitrogens with zero attached hydrogens (tertiary/aromatic N) is 1. The van der Waals surface area contributed by atoms with Crippen LogP contribution in [0.2, 0.25) is 0 Å². The third-order valence-electron chi connectivity index (χ3n) is 8.61. The largest absolute Gasteiger partial charge is 0.494 e. The van der Waals surface area contributed by atoms with E-state index in [1.165, 1.54) is 5.56 Å². The van der Waals surface area contributed by atoms with E-state index in [2.05, 4.69) is 35.3 Å². The summed E-state index contributed by atoms with van der Waals surface area (Å²) in [5, 5.41) is 0. The van der Waals surface area contributed by atoms with Crippen molar-refractivity contribution >= 4 is 11.9 Å². The predicted molar refractivity (Wildman–Crippen MR) is 197 cm³/mol. The van der Waals surface area contributed by atoms with Crippen LogP contribution in [-0.2, 0) is 31.9 Å². The van der Waals surface area contributed by atoms with E-state index in [1.807, 2.05) is 43.3 Å². The van der Waals surface area contributed by atoms with Crippen molar-refractivity contribution in [1.82, 2.24) is 4.98 Å². The van der Waals surface area contributed by atoms with Crippen LogP contribution in [0.4, 0.5) is 0 Å². The lowest BCUT2D eigenvalue weighted by Gasteiger charge is -2.19. The molecule has 51 heavy (non-hydrogen) atoms. The van der Waals surface area contributed by atoms with Crippen molar-refractivity contribution in [2.75, 3.05) is 39.6 Å². The third kappa shape index (κ3) is 11.5. The fourth-order valence-electron chi connectivity index (χ4n) is 6.10. The maximum absolute atomic E-state index is 12.2. The van der Waals surface area contributed by atoms with Gasteiger partial charge in [-0.2, -0.15) is 0 Å². The molecule has 4 aromatic rings. The molecule has 9 heteroatoms. The molecule has 0 saturated carbocycles. The molecule has 0 amide bonds. The molecule has 0 unspecified atom stereocenters. The summed E-state index contributed by atoms with van der Waals surface area (Å²) in [6.45, 7) is 6.46. The number of carbonyl (C=O) groups is 2. The summed E-state index contributed by atoms with van der Waals surface area (Å²) in [4.78, 5) is 28.1. The Morgan fingerprint density at radius 1 is 0.647 bits per heavy atom. The minimum absolute atomic E-state index is 0.217. The smallest absolute Gasteiger partial charge is 0.306 e. The van der Waals surface area contributed by atoms with Gasteiger partial charge in [0.15, 0.2) is 11.5 Å². The average molecular weight is 696 g/mol. The van der Waals surface area contributed by atoms with E-state index in [0.29, 0.717) is 65.3 Å². The monoisotopic (exact) mass is 695 g/mol. The van der Waals surface area contributed by atoms with E-state index in [-0.39, 0.29) is 11.9 Å². The first kappa shape index (κ1) is 37.2. The maximum atomic E-state index is 12.2. The van der Waals surface area contributed by atoms with E-state index in [9.17, 15) is 9.59 Å². The molecule has 0 bridgehead atoms. The highest BCUT2D eigenvalue weighted by Gasteiger charge is 2.15. The van der Waals surface area contributed by atoms with Crippen LogP contribution in [0.3, 0.4) is 0 Å². The Labute approximate surface area is 301 Å². The summed E-state index contributed by atoms with van der Waals surface area (Å²) in [5.74, 6) is 2.67. The van der Waals surface area contributed by atoms with Gasteiger partial charge in [0.05, 0.1) is 26.4 Å². The van der Waals surface area contributed by atoms with Gasteiger partial charge in [0.25, 0.3) is 0 Å². The first-order chi connectivity index (χ1) is 25.0. The number of esters is 2. The van der Waals surface area contributed by atoms with E-state index >= 15 is 0 Å². The number of unbranched alkanes of at least 4 members (excludes halogenated alkanes) is 3. The van der Waals surface area contributed by atoms with Gasteiger partial charge in [-0.3, -0.25) is 14.6 Å². The SMILES string of the molecule is CCOC(=O)CCCOc1cccc(CCCCCCOc2cc(-c3ccncc3)cc(-c3ccc4c(c3)OCCO4)c2)c1CCC(=O)OCC. The zero-order chi connectivity index (χ0) is 35.7. The Hall–Kier alpha value is -5.05. The highest BCUT2D eigenvalue weighted by atomic mass is 16.6. The number of carbonyl (C=O) groups excluding carboxylic acids is 2. The second-order valence-corrected chi connectivity index (χ2v) is 12.3. The lowest BCUT2D eigenvalue weighted by atomic mass is 9.96. The van der Waals surface area contributed by atoms with Crippen molar-refractivity contribution < 1.29 is 38.0 Å². The summed E-state index contributed by atoms with van der Waals surface area (Å²) in [6.07, 6.45) is 10.2. The highest BCUT2D eigenvalue weighted by Crippen LogP contribution is 2.37. The highest BCUT2D eigenvalue weighted by molar-refractivity contribution is 5.76. The number of aryl methyl sites for hydroxylation is 1. The van der Waals surface area contributed by atoms with E-state index < -0.39 is 0 Å². The molecule has 2 heterocycles. The Morgan fingerprint density at radius 3 is 2.14 bits per heavy atom. The van der Waals surface area contributed by atoms with Crippen LogP contribution in [0.5, 0.6) is 23.0 Å². The summed E-state index contributed by atoms with van der Waals surface area (Å²) in [7, 11) is 0. The molecule has 3 aromatic carbocycles. The number of benzene rings is 3. The molecule has 0 saturated heterocycles. The van der Waals surface area contributed by atoms with E-state index in [4.69, 9.17) is 28.4 Å². The molecule has 0 radical (unpaired) electrons. The van der Waals surface area contributed by atoms with Crippen LogP contribution in [0.15, 0.2) is 79.1 Å². The summed E-state index contributed by atoms with van der Waals surface area (Å²) < 4.78 is 34.2. The molecule has 1 aliphatic heterocycles. The molecule has 1 aliphatic rings. The zero-order valence-corrected chi connectivity index (χ0v) is 29.8. The molecule has 0 spiro atoms. The van der Waals surface area contributed by atoms with E-state index in [0.717, 1.165) is 82.9 Å². The van der Waals surface area contributed by atoms with Crippen molar-refractivity contribution in [3.8, 4) is 45.3 Å². The Balaban J connectivity index is 1.15. The van der Waals surface area contributed by atoms with Crippen LogP contribution in [0, 0.1) is 0 Å². The molecule has 1 aromatic heterocycles. The van der Waals surface area contributed by atoms with Crippen molar-refractivity contribution in [3.63, 3.8) is 0 Å². The predicted octanol–water partition coefficient (Wildman–Crippen LogP) is 8.59. The number of hydrogen-bond donors (Lipinski definition) is 0. The standard InChI is InChI=1S/C42H49NO8/c1-3-46-41(44)14-10-24-49-38-13-9-12-32(37(38)16-18-42(45)47-4-2)11-7-5-6-8-23-48-36-28-34(31-19-21-43-22-20-31)27-35(29-36)33-15-17-39-40(30-33)51-26-25-50-39/h9,12-13,15,17,19-22,27-30H,3-8,10-11,14,16,18,23-26H2,1-2H3. The molecule has 0 aliphatic carbocycles.